The molecule has 0 fully saturated rings. The summed E-state index contributed by atoms with van der Waals surface area (Å²) < 4.78 is 6.55. The molecule has 0 aliphatic carbocycles. The number of nitrogens with one attached hydrogen (secondary N) is 1. The van der Waals surface area contributed by atoms with Crippen LogP contribution in [0.4, 0.5) is 5.95 Å². The third kappa shape index (κ3) is 4.98. The van der Waals surface area contributed by atoms with Crippen molar-refractivity contribution in [3.8, 4) is 17.1 Å². The molecule has 0 aliphatic rings. The van der Waals surface area contributed by atoms with Gasteiger partial charge in [0.1, 0.15) is 5.75 Å². The number of aryl methyl sites for hydroxylation is 1. The van der Waals surface area contributed by atoms with Gasteiger partial charge in [-0.1, -0.05) is 72.3 Å². The summed E-state index contributed by atoms with van der Waals surface area (Å²) >= 11 is 0. The molecule has 0 saturated heterocycles. The van der Waals surface area contributed by atoms with E-state index in [9.17, 15) is 4.79 Å². The third-order valence-electron chi connectivity index (χ3n) is 4.96. The Balaban J connectivity index is 1.61. The number of nitrogens with zero attached hydrogens (tertiary/aromatic N) is 3. The van der Waals surface area contributed by atoms with Gasteiger partial charge in [-0.25, -0.2) is 0 Å². The Hall–Kier alpha value is -3.93. The lowest BCUT2D eigenvalue weighted by atomic mass is 10.1. The van der Waals surface area contributed by atoms with Gasteiger partial charge in [-0.2, -0.15) is 9.67 Å². The maximum Gasteiger partial charge on any atom is 0.254 e. The van der Waals surface area contributed by atoms with Crippen molar-refractivity contribution in [2.75, 3.05) is 12.4 Å². The molecule has 4 aromatic rings. The minimum atomic E-state index is -0.161. The highest BCUT2D eigenvalue weighted by Crippen LogP contribution is 2.20. The molecule has 0 atom stereocenters. The Morgan fingerprint density at radius 3 is 2.32 bits per heavy atom. The average molecular weight is 412 g/mol. The Bertz CT molecular complexity index is 1150. The highest BCUT2D eigenvalue weighted by molar-refractivity contribution is 5.83. The number of hydrogen-bond acceptors (Lipinski definition) is 5. The van der Waals surface area contributed by atoms with Crippen LogP contribution in [0.15, 0.2) is 78.9 Å². The minimum absolute atomic E-state index is 0.161. The van der Waals surface area contributed by atoms with Gasteiger partial charge in [-0.3, -0.25) is 4.79 Å². The number of hydrogen-bond donors (Lipinski definition) is 1. The number of benzene rings is 3. The molecule has 0 aliphatic heterocycles. The monoisotopic (exact) mass is 412 g/mol. The third-order valence-corrected chi connectivity index (χ3v) is 4.96. The van der Waals surface area contributed by atoms with Crippen molar-refractivity contribution in [3.05, 3.63) is 95.6 Å². The SMILES string of the molecule is COc1ccc(CC(=O)n2nc(-c3ccc(C)cc3)nc2NCc2ccccc2)cc1. The Morgan fingerprint density at radius 2 is 1.65 bits per heavy atom. The van der Waals surface area contributed by atoms with E-state index >= 15 is 0 Å². The van der Waals surface area contributed by atoms with Gasteiger partial charge < -0.3 is 10.1 Å². The zero-order chi connectivity index (χ0) is 21.6. The van der Waals surface area contributed by atoms with Gasteiger partial charge in [0.05, 0.1) is 13.5 Å². The Morgan fingerprint density at radius 1 is 0.935 bits per heavy atom. The van der Waals surface area contributed by atoms with E-state index in [1.165, 1.54) is 4.68 Å². The van der Waals surface area contributed by atoms with Crippen LogP contribution in [0, 0.1) is 6.92 Å². The number of methoxy groups -OCH3 is 1. The van der Waals surface area contributed by atoms with Gasteiger partial charge in [-0.15, -0.1) is 5.10 Å². The zero-order valence-corrected chi connectivity index (χ0v) is 17.6. The van der Waals surface area contributed by atoms with Crippen LogP contribution in [0.1, 0.15) is 21.5 Å². The molecule has 1 aromatic heterocycles. The highest BCUT2D eigenvalue weighted by atomic mass is 16.5. The molecule has 0 bridgehead atoms. The van der Waals surface area contributed by atoms with Gasteiger partial charge >= 0.3 is 0 Å². The van der Waals surface area contributed by atoms with E-state index in [0.717, 1.165) is 28.0 Å². The number of carbonyl (C=O) groups excluding carboxylic acids is 1. The summed E-state index contributed by atoms with van der Waals surface area (Å²) in [7, 11) is 1.62. The summed E-state index contributed by atoms with van der Waals surface area (Å²) in [6.07, 6.45) is 0.209. The number of aromatic nitrogens is 3. The zero-order valence-electron chi connectivity index (χ0n) is 17.6. The van der Waals surface area contributed by atoms with Gasteiger partial charge in [-0.05, 0) is 30.2 Å². The summed E-state index contributed by atoms with van der Waals surface area (Å²) in [5, 5.41) is 7.79. The first-order chi connectivity index (χ1) is 15.1. The maximum atomic E-state index is 13.1. The van der Waals surface area contributed by atoms with Crippen molar-refractivity contribution < 1.29 is 9.53 Å². The van der Waals surface area contributed by atoms with Crippen LogP contribution >= 0.6 is 0 Å². The molecule has 4 rings (SSSR count). The van der Waals surface area contributed by atoms with E-state index in [-0.39, 0.29) is 12.3 Å². The topological polar surface area (TPSA) is 69.0 Å². The van der Waals surface area contributed by atoms with Crippen LogP contribution in [0.2, 0.25) is 0 Å². The maximum absolute atomic E-state index is 13.1. The predicted molar refractivity (Wildman–Crippen MR) is 121 cm³/mol. The van der Waals surface area contributed by atoms with E-state index in [4.69, 9.17) is 4.74 Å². The highest BCUT2D eigenvalue weighted by Gasteiger charge is 2.18. The van der Waals surface area contributed by atoms with Gasteiger partial charge in [0.25, 0.3) is 5.91 Å². The largest absolute Gasteiger partial charge is 0.497 e. The quantitative estimate of drug-likeness (QED) is 0.474. The van der Waals surface area contributed by atoms with Crippen LogP contribution in [0.3, 0.4) is 0 Å². The first kappa shape index (κ1) is 20.3. The second kappa shape index (κ2) is 9.26. The normalized spacial score (nSPS) is 10.6. The van der Waals surface area contributed by atoms with Crippen LogP contribution in [0.5, 0.6) is 5.75 Å². The molecule has 31 heavy (non-hydrogen) atoms. The molecule has 0 amide bonds. The molecule has 3 aromatic carbocycles. The summed E-state index contributed by atoms with van der Waals surface area (Å²) in [6.45, 7) is 2.57. The molecule has 1 heterocycles. The van der Waals surface area contributed by atoms with Gasteiger partial charge in [0.15, 0.2) is 5.82 Å². The molecule has 6 heteroatoms. The molecule has 0 saturated carbocycles. The number of rotatable bonds is 7. The fourth-order valence-corrected chi connectivity index (χ4v) is 3.20. The first-order valence-electron chi connectivity index (χ1n) is 10.1. The van der Waals surface area contributed by atoms with Crippen molar-refractivity contribution in [2.24, 2.45) is 0 Å². The molecule has 0 radical (unpaired) electrons. The van der Waals surface area contributed by atoms with Crippen molar-refractivity contribution in [1.29, 1.82) is 0 Å². The molecular weight excluding hydrogens is 388 g/mol. The van der Waals surface area contributed by atoms with Crippen molar-refractivity contribution in [1.82, 2.24) is 14.8 Å². The van der Waals surface area contributed by atoms with Crippen LogP contribution < -0.4 is 10.1 Å². The molecule has 1 N–H and O–H groups in total. The van der Waals surface area contributed by atoms with Crippen LogP contribution in [-0.2, 0) is 13.0 Å². The van der Waals surface area contributed by atoms with Crippen molar-refractivity contribution in [3.63, 3.8) is 0 Å². The van der Waals surface area contributed by atoms with E-state index in [2.05, 4.69) is 15.4 Å². The van der Waals surface area contributed by atoms with Crippen molar-refractivity contribution >= 4 is 11.9 Å². The molecular formula is C25H24N4O2. The lowest BCUT2D eigenvalue weighted by molar-refractivity contribution is 0.0901. The summed E-state index contributed by atoms with van der Waals surface area (Å²) in [6, 6.07) is 25.4. The molecule has 0 unspecified atom stereocenters. The second-order valence-electron chi connectivity index (χ2n) is 7.29. The molecule has 156 valence electrons. The van der Waals surface area contributed by atoms with Crippen LogP contribution in [-0.4, -0.2) is 27.8 Å². The van der Waals surface area contributed by atoms with E-state index in [1.54, 1.807) is 7.11 Å². The van der Waals surface area contributed by atoms with Crippen molar-refractivity contribution in [2.45, 2.75) is 19.9 Å². The predicted octanol–water partition coefficient (Wildman–Crippen LogP) is 4.76. The number of anilines is 1. The van der Waals surface area contributed by atoms with Gasteiger partial charge in [0, 0.05) is 12.1 Å². The second-order valence-corrected chi connectivity index (χ2v) is 7.29. The number of ether oxygens (including phenoxy) is 1. The fourth-order valence-electron chi connectivity index (χ4n) is 3.20. The summed E-state index contributed by atoms with van der Waals surface area (Å²) in [4.78, 5) is 17.7. The number of carbonyl (C=O) groups is 1. The fraction of sp³-hybridized carbons (Fsp3) is 0.160. The Kier molecular flexibility index (Phi) is 6.08. The van der Waals surface area contributed by atoms with E-state index < -0.39 is 0 Å². The first-order valence-corrected chi connectivity index (χ1v) is 10.1. The standard InChI is InChI=1S/C25H24N4O2/c1-18-8-12-21(13-9-18)24-27-25(26-17-20-6-4-3-5-7-20)29(28-24)23(30)16-19-10-14-22(31-2)15-11-19/h3-15H,16-17H2,1-2H3,(H,26,27,28). The van der Waals surface area contributed by atoms with E-state index in [1.807, 2.05) is 85.8 Å². The lowest BCUT2D eigenvalue weighted by Crippen LogP contribution is -2.18. The lowest BCUT2D eigenvalue weighted by Gasteiger charge is -2.08. The smallest absolute Gasteiger partial charge is 0.254 e. The van der Waals surface area contributed by atoms with E-state index in [0.29, 0.717) is 18.3 Å². The Labute approximate surface area is 181 Å². The summed E-state index contributed by atoms with van der Waals surface area (Å²) in [5.74, 6) is 1.53. The average Bonchev–Trinajstić information content (AvgIpc) is 3.24. The van der Waals surface area contributed by atoms with Crippen LogP contribution in [0.25, 0.3) is 11.4 Å². The minimum Gasteiger partial charge on any atom is -0.497 e. The van der Waals surface area contributed by atoms with Gasteiger partial charge in [0.2, 0.25) is 5.95 Å². The molecule has 0 spiro atoms. The summed E-state index contributed by atoms with van der Waals surface area (Å²) in [5.41, 5.74) is 3.99. The molecule has 6 nitrogen and oxygen atoms in total.